The van der Waals surface area contributed by atoms with Gasteiger partial charge in [-0.2, -0.15) is 5.10 Å². The summed E-state index contributed by atoms with van der Waals surface area (Å²) in [5.41, 5.74) is 2.30. The molecule has 1 aromatic rings. The Hall–Kier alpha value is -0.390. The van der Waals surface area contributed by atoms with Crippen LogP contribution >= 0.6 is 15.9 Å². The summed E-state index contributed by atoms with van der Waals surface area (Å²) in [5, 5.41) is 8.08. The quantitative estimate of drug-likeness (QED) is 0.871. The zero-order valence-corrected chi connectivity index (χ0v) is 13.9. The van der Waals surface area contributed by atoms with Gasteiger partial charge in [-0.1, -0.05) is 6.92 Å². The number of aromatic nitrogens is 2. The van der Waals surface area contributed by atoms with Gasteiger partial charge in [-0.25, -0.2) is 0 Å². The van der Waals surface area contributed by atoms with Gasteiger partial charge in [0.2, 0.25) is 0 Å². The van der Waals surface area contributed by atoms with Crippen LogP contribution in [0.15, 0.2) is 4.47 Å². The maximum Gasteiger partial charge on any atom is 0.0834 e. The van der Waals surface area contributed by atoms with Crippen molar-refractivity contribution in [3.8, 4) is 0 Å². The molecule has 19 heavy (non-hydrogen) atoms. The Labute approximate surface area is 124 Å². The van der Waals surface area contributed by atoms with E-state index in [2.05, 4.69) is 33.3 Å². The van der Waals surface area contributed by atoms with E-state index in [0.717, 1.165) is 36.0 Å². The maximum absolute atomic E-state index is 5.84. The molecule has 0 aliphatic heterocycles. The second-order valence-electron chi connectivity index (χ2n) is 5.41. The lowest BCUT2D eigenvalue weighted by atomic mass is 9.73. The summed E-state index contributed by atoms with van der Waals surface area (Å²) >= 11 is 3.66. The number of ether oxygens (including phenoxy) is 1. The third kappa shape index (κ3) is 2.73. The molecule has 108 valence electrons. The largest absolute Gasteiger partial charge is 0.377 e. The number of aryl methyl sites for hydroxylation is 2. The van der Waals surface area contributed by atoms with Crippen molar-refractivity contribution in [3.63, 3.8) is 0 Å². The zero-order chi connectivity index (χ0) is 14.0. The summed E-state index contributed by atoms with van der Waals surface area (Å²) in [5.74, 6) is 0. The first-order chi connectivity index (χ1) is 9.04. The number of hydrogen-bond donors (Lipinski definition) is 1. The number of methoxy groups -OCH3 is 1. The van der Waals surface area contributed by atoms with Gasteiger partial charge in [-0.05, 0) is 48.7 Å². The number of nitrogens with zero attached hydrogens (tertiary/aromatic N) is 2. The predicted octanol–water partition coefficient (Wildman–Crippen LogP) is 2.58. The molecule has 0 saturated heterocycles. The highest BCUT2D eigenvalue weighted by Gasteiger charge is 2.44. The van der Waals surface area contributed by atoms with Crippen molar-refractivity contribution in [1.29, 1.82) is 0 Å². The average Bonchev–Trinajstić information content (AvgIpc) is 2.55. The minimum absolute atomic E-state index is 0.00756. The Bertz CT molecular complexity index is 435. The van der Waals surface area contributed by atoms with E-state index in [9.17, 15) is 0 Å². The molecule has 1 N–H and O–H groups in total. The SMILES string of the molecule is CCNC(Cc1c(Br)c(C)nn1C)C1(OC)CCC1. The minimum atomic E-state index is 0.00756. The molecular weight excluding hydrogens is 306 g/mol. The van der Waals surface area contributed by atoms with Crippen molar-refractivity contribution >= 4 is 15.9 Å². The van der Waals surface area contributed by atoms with Gasteiger partial charge in [0.1, 0.15) is 0 Å². The number of nitrogens with one attached hydrogen (secondary N) is 1. The summed E-state index contributed by atoms with van der Waals surface area (Å²) in [4.78, 5) is 0. The summed E-state index contributed by atoms with van der Waals surface area (Å²) < 4.78 is 8.95. The van der Waals surface area contributed by atoms with E-state index in [4.69, 9.17) is 4.74 Å². The molecule has 1 aliphatic rings. The molecule has 0 bridgehead atoms. The topological polar surface area (TPSA) is 39.1 Å². The minimum Gasteiger partial charge on any atom is -0.377 e. The van der Waals surface area contributed by atoms with E-state index in [-0.39, 0.29) is 5.60 Å². The van der Waals surface area contributed by atoms with E-state index >= 15 is 0 Å². The van der Waals surface area contributed by atoms with E-state index in [1.807, 2.05) is 25.8 Å². The molecule has 0 aromatic carbocycles. The predicted molar refractivity (Wildman–Crippen MR) is 80.4 cm³/mol. The fraction of sp³-hybridized carbons (Fsp3) is 0.786. The van der Waals surface area contributed by atoms with Gasteiger partial charge in [0.05, 0.1) is 21.5 Å². The van der Waals surface area contributed by atoms with Crippen LogP contribution in [0, 0.1) is 6.92 Å². The van der Waals surface area contributed by atoms with Crippen molar-refractivity contribution in [3.05, 3.63) is 15.9 Å². The van der Waals surface area contributed by atoms with Crippen LogP contribution in [-0.2, 0) is 18.2 Å². The van der Waals surface area contributed by atoms with Crippen molar-refractivity contribution in [1.82, 2.24) is 15.1 Å². The van der Waals surface area contributed by atoms with Crippen molar-refractivity contribution < 1.29 is 4.74 Å². The van der Waals surface area contributed by atoms with Gasteiger partial charge in [0, 0.05) is 26.6 Å². The lowest BCUT2D eigenvalue weighted by Crippen LogP contribution is -2.57. The normalized spacial score (nSPS) is 19.2. The lowest BCUT2D eigenvalue weighted by molar-refractivity contribution is -0.0981. The van der Waals surface area contributed by atoms with Crippen molar-refractivity contribution in [2.45, 2.75) is 51.2 Å². The van der Waals surface area contributed by atoms with E-state index in [1.54, 1.807) is 0 Å². The molecule has 0 amide bonds. The molecule has 1 aromatic heterocycles. The Kier molecular flexibility index (Phi) is 4.69. The highest BCUT2D eigenvalue weighted by atomic mass is 79.9. The molecular formula is C14H24BrN3O. The number of halogens is 1. The van der Waals surface area contributed by atoms with Crippen LogP contribution in [0.25, 0.3) is 0 Å². The summed E-state index contributed by atoms with van der Waals surface area (Å²) in [6.45, 7) is 5.15. The van der Waals surface area contributed by atoms with Crippen molar-refractivity contribution in [2.24, 2.45) is 7.05 Å². The van der Waals surface area contributed by atoms with Crippen LogP contribution in [0.5, 0.6) is 0 Å². The molecule has 1 aliphatic carbocycles. The molecule has 1 saturated carbocycles. The van der Waals surface area contributed by atoms with E-state index < -0.39 is 0 Å². The van der Waals surface area contributed by atoms with Gasteiger partial charge in [-0.3, -0.25) is 4.68 Å². The standard InChI is InChI=1S/C14H24BrN3O/c1-5-16-12(14(19-4)7-6-8-14)9-11-13(15)10(2)17-18(11)3/h12,16H,5-9H2,1-4H3. The molecule has 1 fully saturated rings. The van der Waals surface area contributed by atoms with Gasteiger partial charge in [-0.15, -0.1) is 0 Å². The number of rotatable bonds is 6. The Morgan fingerprint density at radius 3 is 2.58 bits per heavy atom. The second-order valence-corrected chi connectivity index (χ2v) is 6.20. The molecule has 1 atom stereocenters. The summed E-state index contributed by atoms with van der Waals surface area (Å²) in [6.07, 6.45) is 4.51. The average molecular weight is 330 g/mol. The summed E-state index contributed by atoms with van der Waals surface area (Å²) in [6, 6.07) is 0.349. The van der Waals surface area contributed by atoms with E-state index in [1.165, 1.54) is 12.1 Å². The maximum atomic E-state index is 5.84. The molecule has 4 nitrogen and oxygen atoms in total. The number of likely N-dealkylation sites (N-methyl/N-ethyl adjacent to an activating group) is 1. The molecule has 0 spiro atoms. The Morgan fingerprint density at radius 2 is 2.21 bits per heavy atom. The highest BCUT2D eigenvalue weighted by Crippen LogP contribution is 2.39. The smallest absolute Gasteiger partial charge is 0.0834 e. The second kappa shape index (κ2) is 5.94. The van der Waals surface area contributed by atoms with Crippen molar-refractivity contribution in [2.75, 3.05) is 13.7 Å². The Morgan fingerprint density at radius 1 is 1.53 bits per heavy atom. The fourth-order valence-electron chi connectivity index (χ4n) is 3.01. The van der Waals surface area contributed by atoms with Crippen LogP contribution in [0.3, 0.4) is 0 Å². The first-order valence-electron chi connectivity index (χ1n) is 7.00. The monoisotopic (exact) mass is 329 g/mol. The van der Waals surface area contributed by atoms with Crippen LogP contribution in [-0.4, -0.2) is 35.1 Å². The molecule has 5 heteroatoms. The van der Waals surface area contributed by atoms with Crippen LogP contribution in [0.4, 0.5) is 0 Å². The highest BCUT2D eigenvalue weighted by molar-refractivity contribution is 9.10. The van der Waals surface area contributed by atoms with Crippen LogP contribution < -0.4 is 5.32 Å². The van der Waals surface area contributed by atoms with Crippen LogP contribution in [0.2, 0.25) is 0 Å². The molecule has 0 radical (unpaired) electrons. The molecule has 2 rings (SSSR count). The number of hydrogen-bond acceptors (Lipinski definition) is 3. The third-order valence-corrected chi connectivity index (χ3v) is 5.38. The van der Waals surface area contributed by atoms with Gasteiger partial charge >= 0.3 is 0 Å². The van der Waals surface area contributed by atoms with E-state index in [0.29, 0.717) is 6.04 Å². The fourth-order valence-corrected chi connectivity index (χ4v) is 3.50. The first-order valence-corrected chi connectivity index (χ1v) is 7.80. The van der Waals surface area contributed by atoms with Gasteiger partial charge in [0.25, 0.3) is 0 Å². The Balaban J connectivity index is 2.21. The van der Waals surface area contributed by atoms with Gasteiger partial charge in [0.15, 0.2) is 0 Å². The first kappa shape index (κ1) is 15.0. The third-order valence-electron chi connectivity index (χ3n) is 4.35. The molecule has 1 heterocycles. The summed E-state index contributed by atoms with van der Waals surface area (Å²) in [7, 11) is 3.85. The zero-order valence-electron chi connectivity index (χ0n) is 12.3. The van der Waals surface area contributed by atoms with Gasteiger partial charge < -0.3 is 10.1 Å². The lowest BCUT2D eigenvalue weighted by Gasteiger charge is -2.47. The van der Waals surface area contributed by atoms with Crippen LogP contribution in [0.1, 0.15) is 37.6 Å². The molecule has 1 unspecified atom stereocenters.